The van der Waals surface area contributed by atoms with Gasteiger partial charge in [-0.1, -0.05) is 5.21 Å². The highest BCUT2D eigenvalue weighted by Gasteiger charge is 1.97. The van der Waals surface area contributed by atoms with E-state index in [9.17, 15) is 0 Å². The van der Waals surface area contributed by atoms with Gasteiger partial charge in [-0.3, -0.25) is 0 Å². The van der Waals surface area contributed by atoms with Crippen LogP contribution in [0.2, 0.25) is 0 Å². The third kappa shape index (κ3) is 2.79. The van der Waals surface area contributed by atoms with Crippen LogP contribution < -0.4 is 10.6 Å². The van der Waals surface area contributed by atoms with Gasteiger partial charge in [0, 0.05) is 6.54 Å². The van der Waals surface area contributed by atoms with Gasteiger partial charge in [0.25, 0.3) is 0 Å². The standard InChI is InChI=1S/C5H10N6S/c1-2-6-5(12)7-3-4-8-10-11-9-4/h2-3H2,1H3,(H2,6,7,12)(H,8,9,10,11). The summed E-state index contributed by atoms with van der Waals surface area (Å²) in [7, 11) is 0. The molecule has 0 fully saturated rings. The van der Waals surface area contributed by atoms with E-state index in [0.29, 0.717) is 17.5 Å². The monoisotopic (exact) mass is 186 g/mol. The van der Waals surface area contributed by atoms with Crippen LogP contribution in [0.25, 0.3) is 0 Å². The Labute approximate surface area is 75.1 Å². The normalized spacial score (nSPS) is 9.42. The van der Waals surface area contributed by atoms with Crippen LogP contribution in [0.15, 0.2) is 0 Å². The molecule has 0 aliphatic carbocycles. The van der Waals surface area contributed by atoms with E-state index >= 15 is 0 Å². The fourth-order valence-electron chi connectivity index (χ4n) is 0.640. The molecule has 1 aromatic rings. The third-order valence-electron chi connectivity index (χ3n) is 1.13. The molecule has 0 spiro atoms. The summed E-state index contributed by atoms with van der Waals surface area (Å²) in [6, 6.07) is 0. The smallest absolute Gasteiger partial charge is 0.193 e. The Kier molecular flexibility index (Phi) is 3.39. The fraction of sp³-hybridized carbons (Fsp3) is 0.600. The number of aromatic amines is 1. The number of tetrazole rings is 1. The fourth-order valence-corrected chi connectivity index (χ4v) is 0.856. The number of thiocarbonyl (C=S) groups is 1. The van der Waals surface area contributed by atoms with Crippen molar-refractivity contribution in [3.63, 3.8) is 0 Å². The summed E-state index contributed by atoms with van der Waals surface area (Å²) in [6.45, 7) is 3.27. The van der Waals surface area contributed by atoms with Crippen molar-refractivity contribution in [1.29, 1.82) is 0 Å². The van der Waals surface area contributed by atoms with Gasteiger partial charge in [0.05, 0.1) is 6.54 Å². The van der Waals surface area contributed by atoms with Crippen LogP contribution >= 0.6 is 12.2 Å². The molecule has 7 heteroatoms. The lowest BCUT2D eigenvalue weighted by atomic mass is 10.6. The van der Waals surface area contributed by atoms with Crippen molar-refractivity contribution in [2.45, 2.75) is 13.5 Å². The topological polar surface area (TPSA) is 78.5 Å². The lowest BCUT2D eigenvalue weighted by Gasteiger charge is -2.05. The maximum Gasteiger partial charge on any atom is 0.193 e. The molecule has 0 saturated heterocycles. The van der Waals surface area contributed by atoms with E-state index in [4.69, 9.17) is 12.2 Å². The predicted octanol–water partition coefficient (Wildman–Crippen LogP) is -0.816. The second kappa shape index (κ2) is 4.60. The summed E-state index contributed by atoms with van der Waals surface area (Å²) < 4.78 is 0. The van der Waals surface area contributed by atoms with Crippen LogP contribution in [-0.4, -0.2) is 32.3 Å². The van der Waals surface area contributed by atoms with E-state index in [2.05, 4.69) is 31.3 Å². The Hall–Kier alpha value is -1.24. The van der Waals surface area contributed by atoms with Crippen LogP contribution in [-0.2, 0) is 6.54 Å². The molecule has 0 unspecified atom stereocenters. The number of hydrogen-bond donors (Lipinski definition) is 3. The van der Waals surface area contributed by atoms with Crippen molar-refractivity contribution in [3.8, 4) is 0 Å². The van der Waals surface area contributed by atoms with E-state index < -0.39 is 0 Å². The van der Waals surface area contributed by atoms with Crippen molar-refractivity contribution >= 4 is 17.3 Å². The predicted molar refractivity (Wildman–Crippen MR) is 47.3 cm³/mol. The zero-order chi connectivity index (χ0) is 8.81. The molecule has 3 N–H and O–H groups in total. The lowest BCUT2D eigenvalue weighted by Crippen LogP contribution is -2.34. The van der Waals surface area contributed by atoms with Gasteiger partial charge in [-0.05, 0) is 19.1 Å². The Morgan fingerprint density at radius 3 is 3.00 bits per heavy atom. The molecule has 0 aliphatic rings. The van der Waals surface area contributed by atoms with Crippen LogP contribution in [0.1, 0.15) is 12.7 Å². The number of aromatic nitrogens is 4. The first-order valence-electron chi connectivity index (χ1n) is 3.57. The van der Waals surface area contributed by atoms with Gasteiger partial charge in [0.2, 0.25) is 0 Å². The summed E-state index contributed by atoms with van der Waals surface area (Å²) in [5, 5.41) is 19.7. The van der Waals surface area contributed by atoms with Gasteiger partial charge in [-0.15, -0.1) is 10.2 Å². The van der Waals surface area contributed by atoms with Crippen molar-refractivity contribution in [2.24, 2.45) is 0 Å². The van der Waals surface area contributed by atoms with E-state index in [1.807, 2.05) is 6.92 Å². The molecule has 66 valence electrons. The summed E-state index contributed by atoms with van der Waals surface area (Å²) in [4.78, 5) is 0. The molecule has 1 aromatic heterocycles. The molecule has 12 heavy (non-hydrogen) atoms. The van der Waals surface area contributed by atoms with Gasteiger partial charge in [-0.2, -0.15) is 5.21 Å². The molecule has 0 saturated carbocycles. The molecule has 0 atom stereocenters. The first-order chi connectivity index (χ1) is 5.83. The van der Waals surface area contributed by atoms with Gasteiger partial charge in [-0.25, -0.2) is 0 Å². The van der Waals surface area contributed by atoms with E-state index in [1.165, 1.54) is 0 Å². The van der Waals surface area contributed by atoms with Crippen LogP contribution in [0.3, 0.4) is 0 Å². The van der Waals surface area contributed by atoms with Crippen molar-refractivity contribution in [1.82, 2.24) is 31.3 Å². The van der Waals surface area contributed by atoms with E-state index in [0.717, 1.165) is 6.54 Å². The molecule has 0 radical (unpaired) electrons. The minimum Gasteiger partial charge on any atom is -0.363 e. The number of H-pyrrole nitrogens is 1. The molecular weight excluding hydrogens is 176 g/mol. The number of rotatable bonds is 3. The Balaban J connectivity index is 2.22. The highest BCUT2D eigenvalue weighted by molar-refractivity contribution is 7.80. The maximum absolute atomic E-state index is 4.92. The van der Waals surface area contributed by atoms with Crippen LogP contribution in [0.5, 0.6) is 0 Å². The second-order valence-electron chi connectivity index (χ2n) is 2.04. The average molecular weight is 186 g/mol. The van der Waals surface area contributed by atoms with Crippen molar-refractivity contribution in [2.75, 3.05) is 6.54 Å². The van der Waals surface area contributed by atoms with Crippen LogP contribution in [0.4, 0.5) is 0 Å². The summed E-state index contributed by atoms with van der Waals surface area (Å²) >= 11 is 4.92. The number of hydrogen-bond acceptors (Lipinski definition) is 4. The van der Waals surface area contributed by atoms with Gasteiger partial charge < -0.3 is 10.6 Å². The minimum atomic E-state index is 0.488. The highest BCUT2D eigenvalue weighted by Crippen LogP contribution is 1.80. The lowest BCUT2D eigenvalue weighted by molar-refractivity contribution is 0.802. The summed E-state index contributed by atoms with van der Waals surface area (Å²) in [6.07, 6.45) is 0. The molecule has 6 nitrogen and oxygen atoms in total. The van der Waals surface area contributed by atoms with Gasteiger partial charge in [0.1, 0.15) is 0 Å². The largest absolute Gasteiger partial charge is 0.363 e. The molecule has 0 amide bonds. The zero-order valence-corrected chi connectivity index (χ0v) is 7.48. The van der Waals surface area contributed by atoms with Gasteiger partial charge in [0.15, 0.2) is 10.9 Å². The number of nitrogens with zero attached hydrogens (tertiary/aromatic N) is 3. The highest BCUT2D eigenvalue weighted by atomic mass is 32.1. The molecule has 1 rings (SSSR count). The molecule has 0 bridgehead atoms. The minimum absolute atomic E-state index is 0.488. The molecule has 1 heterocycles. The number of nitrogens with one attached hydrogen (secondary N) is 3. The SMILES string of the molecule is CCNC(=S)NCc1nn[nH]n1. The van der Waals surface area contributed by atoms with E-state index in [1.54, 1.807) is 0 Å². The zero-order valence-electron chi connectivity index (χ0n) is 6.66. The quantitative estimate of drug-likeness (QED) is 0.535. The third-order valence-corrected chi connectivity index (χ3v) is 1.42. The molecule has 0 aliphatic heterocycles. The molecular formula is C5H10N6S. The Morgan fingerprint density at radius 2 is 2.42 bits per heavy atom. The van der Waals surface area contributed by atoms with Gasteiger partial charge >= 0.3 is 0 Å². The van der Waals surface area contributed by atoms with Crippen LogP contribution in [0, 0.1) is 0 Å². The second-order valence-corrected chi connectivity index (χ2v) is 2.45. The first-order valence-corrected chi connectivity index (χ1v) is 3.97. The first kappa shape index (κ1) is 8.85. The van der Waals surface area contributed by atoms with Crippen molar-refractivity contribution in [3.05, 3.63) is 5.82 Å². The average Bonchev–Trinajstić information content (AvgIpc) is 2.53. The summed E-state index contributed by atoms with van der Waals surface area (Å²) in [5.74, 6) is 0.593. The summed E-state index contributed by atoms with van der Waals surface area (Å²) in [5.41, 5.74) is 0. The van der Waals surface area contributed by atoms with Crippen molar-refractivity contribution < 1.29 is 0 Å². The Bertz CT molecular complexity index is 232. The molecule has 0 aromatic carbocycles. The Morgan fingerprint density at radius 1 is 1.58 bits per heavy atom. The maximum atomic E-state index is 4.92. The van der Waals surface area contributed by atoms with E-state index in [-0.39, 0.29) is 0 Å².